The lowest BCUT2D eigenvalue weighted by atomic mass is 10.1. The highest BCUT2D eigenvalue weighted by molar-refractivity contribution is 7.93. The number of hydrogen-bond donors (Lipinski definition) is 0. The Bertz CT molecular complexity index is 1500. The second-order valence-electron chi connectivity index (χ2n) is 9.77. The lowest BCUT2D eigenvalue weighted by Gasteiger charge is -2.34. The molecule has 0 unspecified atom stereocenters. The number of sulfone groups is 1. The molecule has 0 N–H and O–H groups in total. The molecule has 1 fully saturated rings. The molecular weight excluding hydrogens is 560 g/mol. The fourth-order valence-corrected chi connectivity index (χ4v) is 5.66. The molecule has 224 valence electrons. The van der Waals surface area contributed by atoms with Crippen molar-refractivity contribution in [2.45, 2.75) is 5.75 Å². The summed E-state index contributed by atoms with van der Waals surface area (Å²) in [4.78, 5) is 17.5. The number of esters is 1. The van der Waals surface area contributed by atoms with Gasteiger partial charge in [-0.3, -0.25) is 0 Å². The molecule has 0 aliphatic carbocycles. The number of methoxy groups -OCH3 is 4. The summed E-state index contributed by atoms with van der Waals surface area (Å²) in [7, 11) is 4.27. The number of nitrogens with zero attached hydrogens (tertiary/aromatic N) is 2. The Morgan fingerprint density at radius 3 is 1.98 bits per heavy atom. The van der Waals surface area contributed by atoms with E-state index >= 15 is 0 Å². The number of carbonyl (C=O) groups excluding carboxylic acids is 1. The number of likely N-dealkylation sites (N-methyl/N-ethyl adjacent to an activating group) is 1. The number of ether oxygens (including phenoxy) is 5. The second kappa shape index (κ2) is 13.6. The number of hydrogen-bond acceptors (Lipinski definition) is 10. The summed E-state index contributed by atoms with van der Waals surface area (Å²) in [5.41, 5.74) is 2.29. The van der Waals surface area contributed by atoms with E-state index in [1.807, 2.05) is 12.1 Å². The highest BCUT2D eigenvalue weighted by Crippen LogP contribution is 2.35. The molecule has 1 aliphatic heterocycles. The molecule has 42 heavy (non-hydrogen) atoms. The maximum Gasteiger partial charge on any atom is 0.343 e. The number of rotatable bonds is 11. The average Bonchev–Trinajstić information content (AvgIpc) is 3.00. The molecule has 0 radical (unpaired) electrons. The van der Waals surface area contributed by atoms with Crippen molar-refractivity contribution in [1.82, 2.24) is 4.90 Å². The van der Waals surface area contributed by atoms with E-state index in [0.29, 0.717) is 39.7 Å². The molecule has 0 saturated carbocycles. The maximum atomic E-state index is 13.0. The molecule has 1 saturated heterocycles. The summed E-state index contributed by atoms with van der Waals surface area (Å²) < 4.78 is 53.1. The van der Waals surface area contributed by atoms with E-state index in [1.54, 1.807) is 36.4 Å². The fourth-order valence-electron chi connectivity index (χ4n) is 4.57. The minimum atomic E-state index is -3.75. The van der Waals surface area contributed by atoms with Gasteiger partial charge in [-0.05, 0) is 55.1 Å². The van der Waals surface area contributed by atoms with Gasteiger partial charge in [0.1, 0.15) is 17.2 Å². The first-order chi connectivity index (χ1) is 20.2. The van der Waals surface area contributed by atoms with Crippen molar-refractivity contribution in [2.75, 3.05) is 66.6 Å². The quantitative estimate of drug-likeness (QED) is 0.235. The van der Waals surface area contributed by atoms with Gasteiger partial charge in [-0.25, -0.2) is 13.2 Å². The van der Waals surface area contributed by atoms with E-state index in [1.165, 1.54) is 40.6 Å². The van der Waals surface area contributed by atoms with Crippen LogP contribution in [0.2, 0.25) is 0 Å². The molecule has 0 amide bonds. The Hall–Kier alpha value is -4.22. The zero-order valence-electron chi connectivity index (χ0n) is 24.5. The van der Waals surface area contributed by atoms with E-state index in [0.717, 1.165) is 37.3 Å². The lowest BCUT2D eigenvalue weighted by Crippen LogP contribution is -2.44. The summed E-state index contributed by atoms with van der Waals surface area (Å²) in [5.74, 6) is 0.827. The Labute approximate surface area is 246 Å². The summed E-state index contributed by atoms with van der Waals surface area (Å²) in [6, 6.07) is 15.2. The van der Waals surface area contributed by atoms with E-state index in [-0.39, 0.29) is 11.5 Å². The van der Waals surface area contributed by atoms with Crippen LogP contribution < -0.4 is 28.6 Å². The van der Waals surface area contributed by atoms with E-state index in [2.05, 4.69) is 16.8 Å². The van der Waals surface area contributed by atoms with Gasteiger partial charge >= 0.3 is 5.97 Å². The standard InChI is InChI=1S/C31H36N2O8S/c1-32-13-15-33(16-14-32)24-9-7-23(8-10-24)31(34)41-30-18-22(6-11-27(30)38-3)21-42(35,36)17-12-26-28(39-4)19-25(37-2)20-29(26)40-5/h6-12,17-20H,13-16,21H2,1-5H3. The molecule has 11 heteroatoms. The van der Waals surface area contributed by atoms with Crippen LogP contribution in [0, 0.1) is 0 Å². The molecule has 3 aromatic carbocycles. The van der Waals surface area contributed by atoms with E-state index in [4.69, 9.17) is 23.7 Å². The van der Waals surface area contributed by atoms with Gasteiger partial charge in [0.15, 0.2) is 21.3 Å². The molecule has 4 rings (SSSR count). The van der Waals surface area contributed by atoms with Gasteiger partial charge in [0, 0.05) is 49.4 Å². The smallest absolute Gasteiger partial charge is 0.343 e. The monoisotopic (exact) mass is 596 g/mol. The van der Waals surface area contributed by atoms with Crippen LogP contribution in [0.15, 0.2) is 60.0 Å². The van der Waals surface area contributed by atoms with Gasteiger partial charge in [-0.15, -0.1) is 0 Å². The van der Waals surface area contributed by atoms with Crippen LogP contribution in [0.4, 0.5) is 5.69 Å². The third kappa shape index (κ3) is 7.54. The van der Waals surface area contributed by atoms with Crippen LogP contribution in [-0.2, 0) is 15.6 Å². The Kier molecular flexibility index (Phi) is 9.97. The zero-order chi connectivity index (χ0) is 30.3. The van der Waals surface area contributed by atoms with Gasteiger partial charge in [0.25, 0.3) is 0 Å². The van der Waals surface area contributed by atoms with Gasteiger partial charge in [-0.2, -0.15) is 0 Å². The summed E-state index contributed by atoms with van der Waals surface area (Å²) >= 11 is 0. The molecule has 1 heterocycles. The van der Waals surface area contributed by atoms with Gasteiger partial charge in [0.05, 0.1) is 45.3 Å². The molecule has 0 bridgehead atoms. The summed E-state index contributed by atoms with van der Waals surface area (Å²) in [6.45, 7) is 3.80. The molecular formula is C31H36N2O8S. The first-order valence-electron chi connectivity index (χ1n) is 13.3. The molecule has 0 aromatic heterocycles. The fraction of sp³-hybridized carbons (Fsp3) is 0.323. The van der Waals surface area contributed by atoms with Crippen LogP contribution in [0.1, 0.15) is 21.5 Å². The molecule has 0 atom stereocenters. The minimum Gasteiger partial charge on any atom is -0.496 e. The predicted octanol–water partition coefficient (Wildman–Crippen LogP) is 4.28. The third-order valence-electron chi connectivity index (χ3n) is 6.97. The van der Waals surface area contributed by atoms with Gasteiger partial charge < -0.3 is 33.5 Å². The predicted molar refractivity (Wildman–Crippen MR) is 162 cm³/mol. The van der Waals surface area contributed by atoms with Crippen LogP contribution >= 0.6 is 0 Å². The zero-order valence-corrected chi connectivity index (χ0v) is 25.3. The first kappa shape index (κ1) is 30.7. The van der Waals surface area contributed by atoms with Gasteiger partial charge in [0.2, 0.25) is 0 Å². The second-order valence-corrected chi connectivity index (χ2v) is 11.7. The third-order valence-corrected chi connectivity index (χ3v) is 8.25. The summed E-state index contributed by atoms with van der Waals surface area (Å²) in [6.07, 6.45) is 1.42. The maximum absolute atomic E-state index is 13.0. The lowest BCUT2D eigenvalue weighted by molar-refractivity contribution is 0.0729. The van der Waals surface area contributed by atoms with Crippen molar-refractivity contribution in [3.63, 3.8) is 0 Å². The average molecular weight is 597 g/mol. The highest BCUT2D eigenvalue weighted by Gasteiger charge is 2.19. The van der Waals surface area contributed by atoms with E-state index < -0.39 is 15.8 Å². The van der Waals surface area contributed by atoms with E-state index in [9.17, 15) is 13.2 Å². The molecule has 3 aromatic rings. The first-order valence-corrected chi connectivity index (χ1v) is 15.0. The SMILES string of the molecule is COc1cc(OC)c(C=CS(=O)(=O)Cc2ccc(OC)c(OC(=O)c3ccc(N4CCN(C)CC4)cc3)c2)c(OC)c1. The number of anilines is 1. The number of piperazine rings is 1. The van der Waals surface area contributed by atoms with Crippen molar-refractivity contribution in [2.24, 2.45) is 0 Å². The van der Waals surface area contributed by atoms with Crippen LogP contribution in [0.3, 0.4) is 0 Å². The van der Waals surface area contributed by atoms with Gasteiger partial charge in [-0.1, -0.05) is 6.07 Å². The topological polar surface area (TPSA) is 104 Å². The van der Waals surface area contributed by atoms with Crippen LogP contribution in [0.25, 0.3) is 6.08 Å². The number of benzene rings is 3. The molecule has 0 spiro atoms. The molecule has 1 aliphatic rings. The normalized spacial score (nSPS) is 14.1. The molecule has 10 nitrogen and oxygen atoms in total. The highest BCUT2D eigenvalue weighted by atomic mass is 32.2. The van der Waals surface area contributed by atoms with Crippen LogP contribution in [0.5, 0.6) is 28.7 Å². The Morgan fingerprint density at radius 2 is 1.40 bits per heavy atom. The van der Waals surface area contributed by atoms with Crippen molar-refractivity contribution in [3.05, 3.63) is 76.7 Å². The van der Waals surface area contributed by atoms with Crippen molar-refractivity contribution in [3.8, 4) is 28.7 Å². The number of carbonyl (C=O) groups is 1. The Morgan fingerprint density at radius 1 is 0.786 bits per heavy atom. The van der Waals surface area contributed by atoms with Crippen molar-refractivity contribution in [1.29, 1.82) is 0 Å². The van der Waals surface area contributed by atoms with Crippen LogP contribution in [-0.4, -0.2) is 81.0 Å². The summed E-state index contributed by atoms with van der Waals surface area (Å²) in [5, 5.41) is 1.09. The minimum absolute atomic E-state index is 0.126. The van der Waals surface area contributed by atoms with Crippen molar-refractivity contribution < 1.29 is 36.9 Å². The Balaban J connectivity index is 1.49. The van der Waals surface area contributed by atoms with Crippen molar-refractivity contribution >= 4 is 27.6 Å². The largest absolute Gasteiger partial charge is 0.496 e.